The molecule has 0 aliphatic heterocycles. The quantitative estimate of drug-likeness (QED) is 0.817. The van der Waals surface area contributed by atoms with Crippen LogP contribution in [0.25, 0.3) is 0 Å². The average Bonchev–Trinajstić information content (AvgIpc) is 2.73. The Morgan fingerprint density at radius 3 is 3.06 bits per heavy atom. The highest BCUT2D eigenvalue weighted by atomic mass is 32.1. The van der Waals surface area contributed by atoms with Crippen molar-refractivity contribution in [3.63, 3.8) is 0 Å². The van der Waals surface area contributed by atoms with Gasteiger partial charge in [-0.3, -0.25) is 0 Å². The van der Waals surface area contributed by atoms with Crippen LogP contribution >= 0.6 is 12.2 Å². The lowest BCUT2D eigenvalue weighted by Gasteiger charge is -2.20. The maximum absolute atomic E-state index is 5.33. The van der Waals surface area contributed by atoms with E-state index in [0.29, 0.717) is 17.8 Å². The Bertz CT molecular complexity index is 422. The van der Waals surface area contributed by atoms with Gasteiger partial charge in [0.2, 0.25) is 0 Å². The molecular formula is C14H20N2OS. The van der Waals surface area contributed by atoms with E-state index in [-0.39, 0.29) is 6.04 Å². The molecule has 2 atom stereocenters. The van der Waals surface area contributed by atoms with Crippen molar-refractivity contribution in [1.29, 1.82) is 0 Å². The zero-order valence-electron chi connectivity index (χ0n) is 10.9. The minimum absolute atomic E-state index is 0.228. The van der Waals surface area contributed by atoms with Crippen LogP contribution in [0.15, 0.2) is 24.3 Å². The molecule has 0 aromatic heterocycles. The molecule has 0 bridgehead atoms. The molecule has 2 unspecified atom stereocenters. The summed E-state index contributed by atoms with van der Waals surface area (Å²) in [5.74, 6) is 0. The maximum atomic E-state index is 5.33. The second kappa shape index (κ2) is 6.16. The highest BCUT2D eigenvalue weighted by Crippen LogP contribution is 2.30. The molecule has 3 nitrogen and oxygen atoms in total. The van der Waals surface area contributed by atoms with Gasteiger partial charge in [0.1, 0.15) is 0 Å². The Balaban J connectivity index is 1.89. The van der Waals surface area contributed by atoms with E-state index >= 15 is 0 Å². The summed E-state index contributed by atoms with van der Waals surface area (Å²) in [6.07, 6.45) is 2.24. The molecule has 0 fully saturated rings. The number of ether oxygens (including phenoxy) is 1. The van der Waals surface area contributed by atoms with Crippen molar-refractivity contribution in [2.45, 2.75) is 31.8 Å². The molecule has 98 valence electrons. The predicted molar refractivity (Wildman–Crippen MR) is 77.7 cm³/mol. The minimum Gasteiger partial charge on any atom is -0.383 e. The normalized spacial score (nSPS) is 19.1. The summed E-state index contributed by atoms with van der Waals surface area (Å²) in [5, 5.41) is 7.33. The van der Waals surface area contributed by atoms with Crippen molar-refractivity contribution < 1.29 is 4.74 Å². The van der Waals surface area contributed by atoms with Crippen LogP contribution in [0, 0.1) is 0 Å². The van der Waals surface area contributed by atoms with Crippen LogP contribution < -0.4 is 10.6 Å². The molecule has 1 aliphatic rings. The van der Waals surface area contributed by atoms with Gasteiger partial charge in [0.05, 0.1) is 12.6 Å². The first-order valence-corrected chi connectivity index (χ1v) is 6.75. The van der Waals surface area contributed by atoms with Gasteiger partial charge in [0, 0.05) is 13.2 Å². The van der Waals surface area contributed by atoms with Crippen molar-refractivity contribution in [3.8, 4) is 0 Å². The van der Waals surface area contributed by atoms with Crippen molar-refractivity contribution in [1.82, 2.24) is 10.6 Å². The number of nitrogens with one attached hydrogen (secondary N) is 2. The number of methoxy groups -OCH3 is 1. The number of fused-ring (bicyclic) bond motifs is 1. The lowest BCUT2D eigenvalue weighted by molar-refractivity contribution is 0.179. The molecule has 1 aliphatic carbocycles. The van der Waals surface area contributed by atoms with E-state index in [1.54, 1.807) is 7.11 Å². The molecular weight excluding hydrogens is 244 g/mol. The maximum Gasteiger partial charge on any atom is 0.167 e. The van der Waals surface area contributed by atoms with Gasteiger partial charge >= 0.3 is 0 Å². The summed E-state index contributed by atoms with van der Waals surface area (Å²) < 4.78 is 5.08. The van der Waals surface area contributed by atoms with Gasteiger partial charge in [-0.05, 0) is 43.1 Å². The number of hydrogen-bond donors (Lipinski definition) is 2. The summed E-state index contributed by atoms with van der Waals surface area (Å²) in [4.78, 5) is 0. The van der Waals surface area contributed by atoms with Gasteiger partial charge in [-0.2, -0.15) is 0 Å². The fraction of sp³-hybridized carbons (Fsp3) is 0.500. The van der Waals surface area contributed by atoms with Gasteiger partial charge in [-0.15, -0.1) is 0 Å². The second-order valence-corrected chi connectivity index (χ2v) is 5.17. The van der Waals surface area contributed by atoms with E-state index in [1.165, 1.54) is 11.1 Å². The van der Waals surface area contributed by atoms with Gasteiger partial charge in [0.25, 0.3) is 0 Å². The molecule has 2 N–H and O–H groups in total. The monoisotopic (exact) mass is 264 g/mol. The fourth-order valence-electron chi connectivity index (χ4n) is 2.42. The predicted octanol–water partition coefficient (Wildman–Crippen LogP) is 2.17. The first-order valence-electron chi connectivity index (χ1n) is 6.34. The Hall–Kier alpha value is -1.13. The molecule has 0 heterocycles. The molecule has 1 aromatic carbocycles. The summed E-state index contributed by atoms with van der Waals surface area (Å²) >= 11 is 5.33. The van der Waals surface area contributed by atoms with Gasteiger partial charge in [-0.25, -0.2) is 0 Å². The van der Waals surface area contributed by atoms with E-state index in [4.69, 9.17) is 17.0 Å². The van der Waals surface area contributed by atoms with Crippen LogP contribution in [0.5, 0.6) is 0 Å². The summed E-state index contributed by atoms with van der Waals surface area (Å²) in [6.45, 7) is 2.71. The Morgan fingerprint density at radius 1 is 1.50 bits per heavy atom. The Morgan fingerprint density at radius 2 is 2.28 bits per heavy atom. The number of hydrogen-bond acceptors (Lipinski definition) is 2. The van der Waals surface area contributed by atoms with E-state index in [2.05, 4.69) is 41.8 Å². The third-order valence-electron chi connectivity index (χ3n) is 3.23. The Labute approximate surface area is 114 Å². The molecule has 2 rings (SSSR count). The highest BCUT2D eigenvalue weighted by Gasteiger charge is 2.22. The molecule has 1 aromatic rings. The van der Waals surface area contributed by atoms with Crippen LogP contribution in [0.1, 0.15) is 30.5 Å². The molecule has 0 amide bonds. The third kappa shape index (κ3) is 3.21. The van der Waals surface area contributed by atoms with Crippen molar-refractivity contribution in [2.75, 3.05) is 13.7 Å². The summed E-state index contributed by atoms with van der Waals surface area (Å²) in [5.41, 5.74) is 2.81. The van der Waals surface area contributed by atoms with Crippen LogP contribution in [-0.4, -0.2) is 24.9 Å². The van der Waals surface area contributed by atoms with E-state index in [1.807, 2.05) is 0 Å². The van der Waals surface area contributed by atoms with E-state index < -0.39 is 0 Å². The van der Waals surface area contributed by atoms with Crippen LogP contribution in [0.3, 0.4) is 0 Å². The molecule has 0 spiro atoms. The van der Waals surface area contributed by atoms with E-state index in [9.17, 15) is 0 Å². The largest absolute Gasteiger partial charge is 0.383 e. The number of benzene rings is 1. The van der Waals surface area contributed by atoms with Crippen LogP contribution in [0.4, 0.5) is 0 Å². The van der Waals surface area contributed by atoms with Crippen molar-refractivity contribution >= 4 is 17.3 Å². The summed E-state index contributed by atoms with van der Waals surface area (Å²) in [7, 11) is 1.70. The SMILES string of the molecule is COCC(C)NC(=S)NC1CCc2ccccc21. The van der Waals surface area contributed by atoms with Gasteiger partial charge in [0.15, 0.2) is 5.11 Å². The van der Waals surface area contributed by atoms with Crippen LogP contribution in [-0.2, 0) is 11.2 Å². The first-order chi connectivity index (χ1) is 8.70. The topological polar surface area (TPSA) is 33.3 Å². The van der Waals surface area contributed by atoms with Gasteiger partial charge < -0.3 is 15.4 Å². The lowest BCUT2D eigenvalue weighted by atomic mass is 10.1. The van der Waals surface area contributed by atoms with Crippen molar-refractivity contribution in [2.24, 2.45) is 0 Å². The molecule has 0 radical (unpaired) electrons. The van der Waals surface area contributed by atoms with Crippen LogP contribution in [0.2, 0.25) is 0 Å². The lowest BCUT2D eigenvalue weighted by Crippen LogP contribution is -2.43. The number of rotatable bonds is 4. The fourth-order valence-corrected chi connectivity index (χ4v) is 2.77. The Kier molecular flexibility index (Phi) is 4.55. The zero-order valence-corrected chi connectivity index (χ0v) is 11.7. The zero-order chi connectivity index (χ0) is 13.0. The second-order valence-electron chi connectivity index (χ2n) is 4.76. The molecule has 4 heteroatoms. The molecule has 18 heavy (non-hydrogen) atoms. The number of aryl methyl sites for hydroxylation is 1. The first kappa shape index (κ1) is 13.3. The van der Waals surface area contributed by atoms with E-state index in [0.717, 1.165) is 12.8 Å². The number of thiocarbonyl (C=S) groups is 1. The standard InChI is InChI=1S/C14H20N2OS/c1-10(9-17-2)15-14(18)16-13-8-7-11-5-3-4-6-12(11)13/h3-6,10,13H,7-9H2,1-2H3,(H2,15,16,18). The summed E-state index contributed by atoms with van der Waals surface area (Å²) in [6, 6.07) is 9.13. The molecule has 0 saturated heterocycles. The smallest absolute Gasteiger partial charge is 0.167 e. The average molecular weight is 264 g/mol. The minimum atomic E-state index is 0.228. The highest BCUT2D eigenvalue weighted by molar-refractivity contribution is 7.80. The van der Waals surface area contributed by atoms with Crippen molar-refractivity contribution in [3.05, 3.63) is 35.4 Å². The van der Waals surface area contributed by atoms with Gasteiger partial charge in [-0.1, -0.05) is 24.3 Å². The molecule has 0 saturated carbocycles. The third-order valence-corrected chi connectivity index (χ3v) is 3.47.